The lowest BCUT2D eigenvalue weighted by atomic mass is 9.71. The maximum Gasteiger partial charge on any atom is 0.211 e. The van der Waals surface area contributed by atoms with Crippen molar-refractivity contribution < 1.29 is 4.74 Å². The Kier molecular flexibility index (Phi) is 5.22. The zero-order valence-corrected chi connectivity index (χ0v) is 18.1. The second-order valence-electron chi connectivity index (χ2n) is 7.95. The van der Waals surface area contributed by atoms with Crippen molar-refractivity contribution in [1.82, 2.24) is 19.4 Å². The lowest BCUT2D eigenvalue weighted by Gasteiger charge is -2.42. The van der Waals surface area contributed by atoms with E-state index in [1.54, 1.807) is 12.4 Å². The summed E-state index contributed by atoms with van der Waals surface area (Å²) in [5.74, 6) is 1.68. The fourth-order valence-electron chi connectivity index (χ4n) is 4.55. The monoisotopic (exact) mass is 445 g/mol. The van der Waals surface area contributed by atoms with Crippen LogP contribution in [0.3, 0.4) is 0 Å². The summed E-state index contributed by atoms with van der Waals surface area (Å²) in [6.45, 7) is 4.16. The van der Waals surface area contributed by atoms with Crippen molar-refractivity contribution in [3.05, 3.63) is 35.9 Å². The van der Waals surface area contributed by atoms with Crippen LogP contribution in [0.25, 0.3) is 5.65 Å². The third-order valence-electron chi connectivity index (χ3n) is 6.38. The number of hydrogen-bond acceptors (Lipinski definition) is 8. The van der Waals surface area contributed by atoms with Gasteiger partial charge in [0.05, 0.1) is 23.1 Å². The van der Waals surface area contributed by atoms with Crippen LogP contribution in [0.1, 0.15) is 12.8 Å². The van der Waals surface area contributed by atoms with Crippen molar-refractivity contribution in [2.75, 3.05) is 43.5 Å². The van der Waals surface area contributed by atoms with Crippen LogP contribution in [0, 0.1) is 11.3 Å². The van der Waals surface area contributed by atoms with E-state index < -0.39 is 0 Å². The van der Waals surface area contributed by atoms with E-state index in [1.807, 2.05) is 22.9 Å². The van der Waals surface area contributed by atoms with E-state index in [0.29, 0.717) is 23.3 Å². The number of aromatic nitrogens is 4. The molecule has 1 atom stereocenters. The summed E-state index contributed by atoms with van der Waals surface area (Å²) in [5.41, 5.74) is 12.9. The predicted molar refractivity (Wildman–Crippen MR) is 118 cm³/mol. The standard InChI is InChI=1S/C20H24ClN7OS/c21-16-14(1-4-24-17(16)23)30-15-10-26-19(28-8-5-25-18(15)28)27-6-2-20(3-7-27)12-29-11-13(20)9-22/h1,4-5,8,10,13H,2-3,6-7,9,11-12,22H2,(H2,23,24). The molecule has 3 aromatic rings. The summed E-state index contributed by atoms with van der Waals surface area (Å²) < 4.78 is 7.82. The fraction of sp³-hybridized carbons (Fsp3) is 0.450. The average Bonchev–Trinajstić information content (AvgIpc) is 3.40. The molecular weight excluding hydrogens is 422 g/mol. The fourth-order valence-corrected chi connectivity index (χ4v) is 5.69. The number of halogens is 1. The third-order valence-corrected chi connectivity index (χ3v) is 7.95. The van der Waals surface area contributed by atoms with Gasteiger partial charge in [0.25, 0.3) is 0 Å². The molecule has 10 heteroatoms. The van der Waals surface area contributed by atoms with Crippen LogP contribution in [0.2, 0.25) is 5.02 Å². The molecule has 5 heterocycles. The third kappa shape index (κ3) is 3.30. The first kappa shape index (κ1) is 19.9. The van der Waals surface area contributed by atoms with Gasteiger partial charge in [0.15, 0.2) is 5.65 Å². The van der Waals surface area contributed by atoms with Gasteiger partial charge in [-0.25, -0.2) is 15.0 Å². The molecule has 8 nitrogen and oxygen atoms in total. The lowest BCUT2D eigenvalue weighted by Crippen LogP contribution is -2.46. The number of pyridine rings is 1. The van der Waals surface area contributed by atoms with Crippen molar-refractivity contribution in [2.24, 2.45) is 17.1 Å². The van der Waals surface area contributed by atoms with Crippen LogP contribution in [-0.4, -0.2) is 52.2 Å². The normalized spacial score (nSPS) is 21.0. The zero-order chi connectivity index (χ0) is 20.7. The Morgan fingerprint density at radius 1 is 1.20 bits per heavy atom. The number of ether oxygens (including phenoxy) is 1. The first-order valence-corrected chi connectivity index (χ1v) is 11.2. The predicted octanol–water partition coefficient (Wildman–Crippen LogP) is 2.70. The molecule has 2 aliphatic heterocycles. The van der Waals surface area contributed by atoms with E-state index in [9.17, 15) is 0 Å². The zero-order valence-electron chi connectivity index (χ0n) is 16.5. The Labute approximate surface area is 184 Å². The molecule has 1 unspecified atom stereocenters. The molecule has 0 amide bonds. The van der Waals surface area contributed by atoms with Gasteiger partial charge in [-0.2, -0.15) is 0 Å². The smallest absolute Gasteiger partial charge is 0.211 e. The molecule has 4 N–H and O–H groups in total. The Hall–Kier alpha value is -2.07. The van der Waals surface area contributed by atoms with Crippen LogP contribution >= 0.6 is 23.4 Å². The summed E-state index contributed by atoms with van der Waals surface area (Å²) in [6.07, 6.45) is 9.40. The van der Waals surface area contributed by atoms with E-state index in [2.05, 4.69) is 14.9 Å². The molecule has 0 saturated carbocycles. The highest BCUT2D eigenvalue weighted by Crippen LogP contribution is 2.44. The Morgan fingerprint density at radius 3 is 2.83 bits per heavy atom. The van der Waals surface area contributed by atoms with Crippen molar-refractivity contribution in [1.29, 1.82) is 0 Å². The highest BCUT2D eigenvalue weighted by molar-refractivity contribution is 7.99. The van der Waals surface area contributed by atoms with Gasteiger partial charge in [0.2, 0.25) is 5.95 Å². The second-order valence-corrected chi connectivity index (χ2v) is 9.41. The molecular formula is C20H24ClN7OS. The summed E-state index contributed by atoms with van der Waals surface area (Å²) >= 11 is 7.81. The number of nitrogen functional groups attached to an aromatic ring is 1. The molecule has 0 radical (unpaired) electrons. The molecule has 2 fully saturated rings. The van der Waals surface area contributed by atoms with Gasteiger partial charge in [-0.15, -0.1) is 0 Å². The van der Waals surface area contributed by atoms with E-state index in [-0.39, 0.29) is 5.41 Å². The highest BCUT2D eigenvalue weighted by atomic mass is 35.5. The Bertz CT molecular complexity index is 1070. The Balaban J connectivity index is 1.40. The summed E-state index contributed by atoms with van der Waals surface area (Å²) in [7, 11) is 0. The van der Waals surface area contributed by atoms with Gasteiger partial charge in [-0.1, -0.05) is 23.4 Å². The van der Waals surface area contributed by atoms with E-state index in [1.165, 1.54) is 11.8 Å². The highest BCUT2D eigenvalue weighted by Gasteiger charge is 2.45. The quantitative estimate of drug-likeness (QED) is 0.631. The van der Waals surface area contributed by atoms with Crippen molar-refractivity contribution in [3.63, 3.8) is 0 Å². The van der Waals surface area contributed by atoms with E-state index in [4.69, 9.17) is 32.8 Å². The summed E-state index contributed by atoms with van der Waals surface area (Å²) in [5, 5.41) is 0.450. The van der Waals surface area contributed by atoms with Gasteiger partial charge >= 0.3 is 0 Å². The topological polar surface area (TPSA) is 108 Å². The number of nitrogens with two attached hydrogens (primary N) is 2. The average molecular weight is 446 g/mol. The molecule has 0 aromatic carbocycles. The number of fused-ring (bicyclic) bond motifs is 1. The summed E-state index contributed by atoms with van der Waals surface area (Å²) in [6, 6.07) is 1.85. The molecule has 2 saturated heterocycles. The maximum atomic E-state index is 6.32. The van der Waals surface area contributed by atoms with Crippen molar-refractivity contribution >= 4 is 40.8 Å². The van der Waals surface area contributed by atoms with Crippen LogP contribution in [0.4, 0.5) is 11.8 Å². The number of hydrogen-bond donors (Lipinski definition) is 2. The number of rotatable bonds is 4. The van der Waals surface area contributed by atoms with Crippen molar-refractivity contribution in [2.45, 2.75) is 22.6 Å². The minimum Gasteiger partial charge on any atom is -0.382 e. The number of imidazole rings is 1. The van der Waals surface area contributed by atoms with Crippen LogP contribution in [-0.2, 0) is 4.74 Å². The molecule has 2 aliphatic rings. The first-order chi connectivity index (χ1) is 14.6. The van der Waals surface area contributed by atoms with E-state index >= 15 is 0 Å². The van der Waals surface area contributed by atoms with Crippen LogP contribution in [0.15, 0.2) is 40.6 Å². The van der Waals surface area contributed by atoms with E-state index in [0.717, 1.165) is 60.5 Å². The van der Waals surface area contributed by atoms with Gasteiger partial charge in [0.1, 0.15) is 5.82 Å². The first-order valence-electron chi connectivity index (χ1n) is 10.0. The molecule has 5 rings (SSSR count). The van der Waals surface area contributed by atoms with Gasteiger partial charge in [-0.05, 0) is 25.5 Å². The molecule has 0 bridgehead atoms. The second kappa shape index (κ2) is 7.88. The molecule has 1 spiro atoms. The summed E-state index contributed by atoms with van der Waals surface area (Å²) in [4.78, 5) is 17.5. The number of anilines is 2. The molecule has 30 heavy (non-hydrogen) atoms. The van der Waals surface area contributed by atoms with Crippen LogP contribution < -0.4 is 16.4 Å². The van der Waals surface area contributed by atoms with Gasteiger partial charge in [0, 0.05) is 54.1 Å². The SMILES string of the molecule is NCC1COCC12CCN(c1ncc(Sc3ccnc(N)c3Cl)c3nccn13)CC2. The molecule has 0 aliphatic carbocycles. The number of nitrogens with zero attached hydrogens (tertiary/aromatic N) is 5. The molecule has 3 aromatic heterocycles. The maximum absolute atomic E-state index is 6.32. The minimum absolute atomic E-state index is 0.215. The van der Waals surface area contributed by atoms with Crippen molar-refractivity contribution in [3.8, 4) is 0 Å². The minimum atomic E-state index is 0.215. The van der Waals surface area contributed by atoms with Gasteiger partial charge < -0.3 is 21.1 Å². The largest absolute Gasteiger partial charge is 0.382 e. The number of piperidine rings is 1. The Morgan fingerprint density at radius 2 is 2.03 bits per heavy atom. The lowest BCUT2D eigenvalue weighted by molar-refractivity contribution is 0.126. The molecule has 158 valence electrons. The van der Waals surface area contributed by atoms with Crippen LogP contribution in [0.5, 0.6) is 0 Å². The van der Waals surface area contributed by atoms with Gasteiger partial charge in [-0.3, -0.25) is 4.40 Å².